The van der Waals surface area contributed by atoms with Gasteiger partial charge in [-0.1, -0.05) is 6.07 Å². The van der Waals surface area contributed by atoms with Crippen LogP contribution in [0.2, 0.25) is 0 Å². The minimum Gasteiger partial charge on any atom is -0.489 e. The fraction of sp³-hybridized carbons (Fsp3) is 0.500. The first-order valence-corrected chi connectivity index (χ1v) is 6.49. The van der Waals surface area contributed by atoms with Crippen molar-refractivity contribution in [3.63, 3.8) is 0 Å². The van der Waals surface area contributed by atoms with E-state index < -0.39 is 0 Å². The minimum absolute atomic E-state index is 0.122. The number of nitrogens with zero attached hydrogens (tertiary/aromatic N) is 1. The maximum atomic E-state index is 12.0. The van der Waals surface area contributed by atoms with Gasteiger partial charge >= 0.3 is 5.97 Å². The molecule has 1 aliphatic rings. The second-order valence-corrected chi connectivity index (χ2v) is 4.90. The lowest BCUT2D eigenvalue weighted by atomic mass is 10.1. The lowest BCUT2D eigenvalue weighted by Gasteiger charge is -2.35. The van der Waals surface area contributed by atoms with Gasteiger partial charge in [0.2, 0.25) is 0 Å². The molecule has 5 nitrogen and oxygen atoms in total. The number of nitrogens with two attached hydrogens (primary N) is 1. The van der Waals surface area contributed by atoms with Crippen molar-refractivity contribution in [2.45, 2.75) is 32.9 Å². The predicted molar refractivity (Wildman–Crippen MR) is 74.4 cm³/mol. The van der Waals surface area contributed by atoms with Crippen LogP contribution in [0.3, 0.4) is 0 Å². The van der Waals surface area contributed by atoms with E-state index in [0.717, 1.165) is 11.4 Å². The largest absolute Gasteiger partial charge is 0.489 e. The number of fused-ring (bicyclic) bond motifs is 1. The summed E-state index contributed by atoms with van der Waals surface area (Å²) in [4.78, 5) is 14.0. The molecule has 1 aromatic rings. The molecule has 1 atom stereocenters. The number of hydrogen-bond acceptors (Lipinski definition) is 5. The van der Waals surface area contributed by atoms with Crippen LogP contribution in [0.5, 0.6) is 5.75 Å². The van der Waals surface area contributed by atoms with Crippen LogP contribution in [-0.4, -0.2) is 31.3 Å². The molecule has 1 aromatic carbocycles. The highest BCUT2D eigenvalue weighted by molar-refractivity contribution is 5.84. The Labute approximate surface area is 113 Å². The lowest BCUT2D eigenvalue weighted by Crippen LogP contribution is -2.45. The van der Waals surface area contributed by atoms with Gasteiger partial charge in [-0.3, -0.25) is 0 Å². The fourth-order valence-corrected chi connectivity index (χ4v) is 2.17. The number of carbonyl (C=O) groups is 1. The van der Waals surface area contributed by atoms with E-state index in [2.05, 4.69) is 0 Å². The van der Waals surface area contributed by atoms with Gasteiger partial charge in [0, 0.05) is 0 Å². The van der Waals surface area contributed by atoms with Crippen LogP contribution < -0.4 is 15.4 Å². The zero-order valence-corrected chi connectivity index (χ0v) is 11.6. The Kier molecular flexibility index (Phi) is 3.83. The van der Waals surface area contributed by atoms with Gasteiger partial charge in [-0.25, -0.2) is 4.79 Å². The molecular formula is C14H20N2O3. The van der Waals surface area contributed by atoms with E-state index in [0.29, 0.717) is 18.8 Å². The third kappa shape index (κ3) is 2.75. The van der Waals surface area contributed by atoms with Gasteiger partial charge < -0.3 is 20.1 Å². The van der Waals surface area contributed by atoms with Gasteiger partial charge in [0.25, 0.3) is 0 Å². The Morgan fingerprint density at radius 1 is 1.42 bits per heavy atom. The number of benzene rings is 1. The molecule has 2 rings (SSSR count). The number of hydrogen-bond donors (Lipinski definition) is 1. The Hall–Kier alpha value is -1.91. The second-order valence-electron chi connectivity index (χ2n) is 4.90. The summed E-state index contributed by atoms with van der Waals surface area (Å²) in [5.74, 6) is 0.474. The average Bonchev–Trinajstić information content (AvgIpc) is 2.36. The van der Waals surface area contributed by atoms with Gasteiger partial charge in [0.15, 0.2) is 0 Å². The number of ether oxygens (including phenoxy) is 2. The maximum absolute atomic E-state index is 12.0. The molecule has 5 heteroatoms. The van der Waals surface area contributed by atoms with E-state index in [9.17, 15) is 4.79 Å². The molecular weight excluding hydrogens is 244 g/mol. The van der Waals surface area contributed by atoms with Crippen molar-refractivity contribution in [3.8, 4) is 5.75 Å². The van der Waals surface area contributed by atoms with Crippen LogP contribution >= 0.6 is 0 Å². The molecule has 0 fully saturated rings. The number of para-hydroxylation sites is 1. The molecule has 0 aromatic heterocycles. The summed E-state index contributed by atoms with van der Waals surface area (Å²) in [6.45, 7) is 6.66. The third-order valence-electron chi connectivity index (χ3n) is 3.07. The van der Waals surface area contributed by atoms with Crippen molar-refractivity contribution in [2.75, 3.05) is 23.8 Å². The van der Waals surface area contributed by atoms with Crippen molar-refractivity contribution in [1.29, 1.82) is 0 Å². The summed E-state index contributed by atoms with van der Waals surface area (Å²) in [6.07, 6.45) is -0.122. The first-order valence-electron chi connectivity index (χ1n) is 6.49. The molecule has 19 heavy (non-hydrogen) atoms. The highest BCUT2D eigenvalue weighted by Gasteiger charge is 2.29. The van der Waals surface area contributed by atoms with E-state index in [1.165, 1.54) is 0 Å². The van der Waals surface area contributed by atoms with Crippen LogP contribution in [0.4, 0.5) is 11.4 Å². The molecule has 1 unspecified atom stereocenters. The minimum atomic E-state index is -0.380. The van der Waals surface area contributed by atoms with Crippen molar-refractivity contribution in [3.05, 3.63) is 18.2 Å². The smallest absolute Gasteiger partial charge is 0.328 e. The van der Waals surface area contributed by atoms with Crippen molar-refractivity contribution < 1.29 is 14.3 Å². The highest BCUT2D eigenvalue weighted by Crippen LogP contribution is 2.37. The number of rotatable bonds is 3. The molecule has 1 heterocycles. The van der Waals surface area contributed by atoms with E-state index >= 15 is 0 Å². The molecule has 0 radical (unpaired) electrons. The fourth-order valence-electron chi connectivity index (χ4n) is 2.17. The average molecular weight is 264 g/mol. The Morgan fingerprint density at radius 2 is 2.16 bits per heavy atom. The summed E-state index contributed by atoms with van der Waals surface area (Å²) >= 11 is 0. The first-order chi connectivity index (χ1) is 9.00. The monoisotopic (exact) mass is 264 g/mol. The molecule has 104 valence electrons. The van der Waals surface area contributed by atoms with Gasteiger partial charge in [-0.05, 0) is 32.9 Å². The molecule has 0 saturated heterocycles. The van der Waals surface area contributed by atoms with Crippen LogP contribution in [0.1, 0.15) is 20.8 Å². The Balaban J connectivity index is 2.26. The number of carbonyl (C=O) groups excluding carboxylic acids is 1. The summed E-state index contributed by atoms with van der Waals surface area (Å²) in [6, 6.07) is 5.13. The zero-order valence-electron chi connectivity index (χ0n) is 11.6. The SMILES string of the molecule is CC(C)OC(=O)C(C)N1CCOc2cccc(N)c21. The molecule has 0 spiro atoms. The van der Waals surface area contributed by atoms with E-state index in [1.54, 1.807) is 6.07 Å². The highest BCUT2D eigenvalue weighted by atomic mass is 16.5. The summed E-state index contributed by atoms with van der Waals surface area (Å²) in [5.41, 5.74) is 7.39. The number of nitrogen functional groups attached to an aromatic ring is 1. The van der Waals surface area contributed by atoms with E-state index in [1.807, 2.05) is 37.8 Å². The second kappa shape index (κ2) is 5.38. The maximum Gasteiger partial charge on any atom is 0.328 e. The van der Waals surface area contributed by atoms with Gasteiger partial charge in [-0.2, -0.15) is 0 Å². The summed E-state index contributed by atoms with van der Waals surface area (Å²) in [5, 5.41) is 0. The van der Waals surface area contributed by atoms with Crippen LogP contribution in [0.25, 0.3) is 0 Å². The zero-order chi connectivity index (χ0) is 14.0. The predicted octanol–water partition coefficient (Wildman–Crippen LogP) is 1.81. The molecule has 1 aliphatic heterocycles. The quantitative estimate of drug-likeness (QED) is 0.666. The van der Waals surface area contributed by atoms with E-state index in [4.69, 9.17) is 15.2 Å². The molecule has 0 amide bonds. The molecule has 0 saturated carbocycles. The molecule has 2 N–H and O–H groups in total. The number of anilines is 2. The van der Waals surface area contributed by atoms with E-state index in [-0.39, 0.29) is 18.1 Å². The van der Waals surface area contributed by atoms with Gasteiger partial charge in [0.1, 0.15) is 24.1 Å². The van der Waals surface area contributed by atoms with Gasteiger partial charge in [-0.15, -0.1) is 0 Å². The molecule has 0 aliphatic carbocycles. The normalized spacial score (nSPS) is 15.7. The Bertz CT molecular complexity index is 474. The van der Waals surface area contributed by atoms with Crippen LogP contribution in [0.15, 0.2) is 18.2 Å². The summed E-state index contributed by atoms with van der Waals surface area (Å²) in [7, 11) is 0. The summed E-state index contributed by atoms with van der Waals surface area (Å²) < 4.78 is 10.8. The third-order valence-corrected chi connectivity index (χ3v) is 3.07. The van der Waals surface area contributed by atoms with Crippen LogP contribution in [-0.2, 0) is 9.53 Å². The Morgan fingerprint density at radius 3 is 2.84 bits per heavy atom. The number of esters is 1. The van der Waals surface area contributed by atoms with Crippen molar-refractivity contribution in [1.82, 2.24) is 0 Å². The lowest BCUT2D eigenvalue weighted by molar-refractivity contribution is -0.148. The van der Waals surface area contributed by atoms with Gasteiger partial charge in [0.05, 0.1) is 18.3 Å². The van der Waals surface area contributed by atoms with Crippen molar-refractivity contribution >= 4 is 17.3 Å². The first kappa shape index (κ1) is 13.5. The molecule has 0 bridgehead atoms. The standard InChI is InChI=1S/C14H20N2O3/c1-9(2)19-14(17)10(3)16-7-8-18-12-6-4-5-11(15)13(12)16/h4-6,9-10H,7-8,15H2,1-3H3. The van der Waals surface area contributed by atoms with Crippen molar-refractivity contribution in [2.24, 2.45) is 0 Å². The van der Waals surface area contributed by atoms with Crippen LogP contribution in [0, 0.1) is 0 Å². The topological polar surface area (TPSA) is 64.8 Å².